The summed E-state index contributed by atoms with van der Waals surface area (Å²) < 4.78 is 13.2. The van der Waals surface area contributed by atoms with Crippen molar-refractivity contribution in [1.82, 2.24) is 9.13 Å². The number of ether oxygens (including phenoxy) is 2. The summed E-state index contributed by atoms with van der Waals surface area (Å²) in [4.78, 5) is 24.4. The molecule has 1 aromatic rings. The second-order valence-electron chi connectivity index (χ2n) is 5.12. The molecule has 0 aliphatic heterocycles. The van der Waals surface area contributed by atoms with E-state index in [1.807, 2.05) is 0 Å². The Balaban J connectivity index is 2.39. The lowest BCUT2D eigenvalue weighted by atomic mass is 9.96. The smallest absolute Gasteiger partial charge is 0.330 e. The van der Waals surface area contributed by atoms with Crippen LogP contribution in [0.15, 0.2) is 9.59 Å². The van der Waals surface area contributed by atoms with E-state index < -0.39 is 0 Å². The number of fused-ring (bicyclic) bond motifs is 1. The molecule has 0 amide bonds. The van der Waals surface area contributed by atoms with Gasteiger partial charge in [0.05, 0.1) is 0 Å². The molecule has 0 bridgehead atoms. The summed E-state index contributed by atoms with van der Waals surface area (Å²) in [6, 6.07) is 0. The first-order valence-corrected chi connectivity index (χ1v) is 6.97. The SMILES string of the molecule is COC(CCn1c2c(c(=O)n(C)c1=O)CCCC2)OC. The maximum atomic E-state index is 12.3. The van der Waals surface area contributed by atoms with Gasteiger partial charge in [0, 0.05) is 45.5 Å². The molecule has 112 valence electrons. The van der Waals surface area contributed by atoms with E-state index >= 15 is 0 Å². The minimum absolute atomic E-state index is 0.143. The van der Waals surface area contributed by atoms with Crippen molar-refractivity contribution in [3.05, 3.63) is 32.1 Å². The largest absolute Gasteiger partial charge is 0.356 e. The Kier molecular flexibility index (Phi) is 4.77. The second kappa shape index (κ2) is 6.37. The fourth-order valence-electron chi connectivity index (χ4n) is 2.80. The first-order valence-electron chi connectivity index (χ1n) is 6.97. The summed E-state index contributed by atoms with van der Waals surface area (Å²) >= 11 is 0. The summed E-state index contributed by atoms with van der Waals surface area (Å²) in [5.41, 5.74) is 1.30. The van der Waals surface area contributed by atoms with Crippen LogP contribution < -0.4 is 11.2 Å². The van der Waals surface area contributed by atoms with Gasteiger partial charge in [-0.15, -0.1) is 0 Å². The first-order chi connectivity index (χ1) is 9.60. The van der Waals surface area contributed by atoms with E-state index in [-0.39, 0.29) is 17.5 Å². The van der Waals surface area contributed by atoms with Crippen molar-refractivity contribution in [2.24, 2.45) is 7.05 Å². The van der Waals surface area contributed by atoms with E-state index in [0.29, 0.717) is 13.0 Å². The normalized spacial score (nSPS) is 14.6. The number of rotatable bonds is 5. The summed E-state index contributed by atoms with van der Waals surface area (Å²) in [7, 11) is 4.69. The average molecular weight is 282 g/mol. The van der Waals surface area contributed by atoms with Gasteiger partial charge in [-0.05, 0) is 25.7 Å². The monoisotopic (exact) mass is 282 g/mol. The van der Waals surface area contributed by atoms with Crippen LogP contribution in [0.25, 0.3) is 0 Å². The van der Waals surface area contributed by atoms with Gasteiger partial charge in [-0.3, -0.25) is 13.9 Å². The molecule has 1 aliphatic carbocycles. The summed E-state index contributed by atoms with van der Waals surface area (Å²) in [6.45, 7) is 0.502. The Morgan fingerprint density at radius 1 is 1.15 bits per heavy atom. The number of hydrogen-bond acceptors (Lipinski definition) is 4. The van der Waals surface area contributed by atoms with Gasteiger partial charge >= 0.3 is 5.69 Å². The predicted octanol–water partition coefficient (Wildman–Crippen LogP) is 0.435. The maximum absolute atomic E-state index is 12.3. The third-order valence-electron chi connectivity index (χ3n) is 3.96. The Bertz CT molecular complexity index is 584. The highest BCUT2D eigenvalue weighted by molar-refractivity contribution is 5.21. The van der Waals surface area contributed by atoms with Crippen molar-refractivity contribution >= 4 is 0 Å². The molecule has 0 saturated heterocycles. The van der Waals surface area contributed by atoms with Gasteiger partial charge in [-0.1, -0.05) is 0 Å². The zero-order valence-corrected chi connectivity index (χ0v) is 12.3. The standard InChI is InChI=1S/C14H22N2O4/c1-15-13(17)10-6-4-5-7-11(10)16(14(15)18)9-8-12(19-2)20-3/h12H,4-9H2,1-3H3. The lowest BCUT2D eigenvalue weighted by Crippen LogP contribution is -2.43. The van der Waals surface area contributed by atoms with Crippen molar-refractivity contribution in [2.75, 3.05) is 14.2 Å². The molecule has 0 aromatic carbocycles. The molecule has 0 radical (unpaired) electrons. The van der Waals surface area contributed by atoms with Crippen LogP contribution in [0, 0.1) is 0 Å². The van der Waals surface area contributed by atoms with Crippen molar-refractivity contribution in [2.45, 2.75) is 44.9 Å². The second-order valence-corrected chi connectivity index (χ2v) is 5.12. The molecule has 0 saturated carbocycles. The molecule has 1 aromatic heterocycles. The molecule has 0 unspecified atom stereocenters. The minimum Gasteiger partial charge on any atom is -0.356 e. The van der Waals surface area contributed by atoms with Crippen molar-refractivity contribution in [3.8, 4) is 0 Å². The zero-order valence-electron chi connectivity index (χ0n) is 12.3. The lowest BCUT2D eigenvalue weighted by molar-refractivity contribution is -0.108. The van der Waals surface area contributed by atoms with Gasteiger partial charge < -0.3 is 9.47 Å². The molecule has 2 rings (SSSR count). The van der Waals surface area contributed by atoms with E-state index in [1.165, 1.54) is 4.57 Å². The first kappa shape index (κ1) is 15.0. The van der Waals surface area contributed by atoms with Gasteiger partial charge in [0.25, 0.3) is 5.56 Å². The Morgan fingerprint density at radius 2 is 1.80 bits per heavy atom. The van der Waals surface area contributed by atoms with Crippen LogP contribution in [0.1, 0.15) is 30.5 Å². The average Bonchev–Trinajstić information content (AvgIpc) is 2.49. The van der Waals surface area contributed by atoms with Gasteiger partial charge in [-0.2, -0.15) is 0 Å². The molecule has 0 spiro atoms. The highest BCUT2D eigenvalue weighted by Crippen LogP contribution is 2.17. The molecular weight excluding hydrogens is 260 g/mol. The molecule has 0 fully saturated rings. The number of hydrogen-bond donors (Lipinski definition) is 0. The van der Waals surface area contributed by atoms with Crippen molar-refractivity contribution in [1.29, 1.82) is 0 Å². The molecule has 6 heteroatoms. The van der Waals surface area contributed by atoms with Crippen LogP contribution in [0.5, 0.6) is 0 Å². The molecule has 20 heavy (non-hydrogen) atoms. The topological polar surface area (TPSA) is 62.5 Å². The van der Waals surface area contributed by atoms with Gasteiger partial charge in [-0.25, -0.2) is 4.79 Å². The molecule has 0 atom stereocenters. The van der Waals surface area contributed by atoms with Gasteiger partial charge in [0.15, 0.2) is 6.29 Å². The van der Waals surface area contributed by atoms with Crippen LogP contribution in [0.4, 0.5) is 0 Å². The van der Waals surface area contributed by atoms with Crippen LogP contribution in [-0.4, -0.2) is 29.6 Å². The lowest BCUT2D eigenvalue weighted by Gasteiger charge is -2.22. The Morgan fingerprint density at radius 3 is 2.45 bits per heavy atom. The number of methoxy groups -OCH3 is 2. The zero-order chi connectivity index (χ0) is 14.7. The Labute approximate surface area is 117 Å². The minimum atomic E-state index is -0.335. The van der Waals surface area contributed by atoms with E-state index in [1.54, 1.807) is 25.8 Å². The fourth-order valence-corrected chi connectivity index (χ4v) is 2.80. The Hall–Kier alpha value is -1.40. The van der Waals surface area contributed by atoms with Gasteiger partial charge in [0.2, 0.25) is 0 Å². The van der Waals surface area contributed by atoms with E-state index in [0.717, 1.165) is 36.9 Å². The predicted molar refractivity (Wildman–Crippen MR) is 75.0 cm³/mol. The van der Waals surface area contributed by atoms with Crippen LogP contribution in [-0.2, 0) is 35.9 Å². The molecule has 1 heterocycles. The third kappa shape index (κ3) is 2.71. The van der Waals surface area contributed by atoms with Crippen molar-refractivity contribution in [3.63, 3.8) is 0 Å². The summed E-state index contributed by atoms with van der Waals surface area (Å²) in [5.74, 6) is 0. The quantitative estimate of drug-likeness (QED) is 0.735. The fraction of sp³-hybridized carbons (Fsp3) is 0.714. The highest BCUT2D eigenvalue weighted by atomic mass is 16.7. The summed E-state index contributed by atoms with van der Waals surface area (Å²) in [6.07, 6.45) is 3.85. The van der Waals surface area contributed by atoms with Crippen LogP contribution >= 0.6 is 0 Å². The highest BCUT2D eigenvalue weighted by Gasteiger charge is 2.20. The third-order valence-corrected chi connectivity index (χ3v) is 3.96. The van der Waals surface area contributed by atoms with Crippen LogP contribution in [0.3, 0.4) is 0 Å². The molecule has 0 N–H and O–H groups in total. The van der Waals surface area contributed by atoms with E-state index in [4.69, 9.17) is 9.47 Å². The molecule has 6 nitrogen and oxygen atoms in total. The summed E-state index contributed by atoms with van der Waals surface area (Å²) in [5, 5.41) is 0. The van der Waals surface area contributed by atoms with Crippen LogP contribution in [0.2, 0.25) is 0 Å². The van der Waals surface area contributed by atoms with E-state index in [9.17, 15) is 9.59 Å². The van der Waals surface area contributed by atoms with Crippen molar-refractivity contribution < 1.29 is 9.47 Å². The molecular formula is C14H22N2O4. The number of nitrogens with zero attached hydrogens (tertiary/aromatic N) is 2. The van der Waals surface area contributed by atoms with Gasteiger partial charge in [0.1, 0.15) is 0 Å². The maximum Gasteiger partial charge on any atom is 0.330 e. The van der Waals surface area contributed by atoms with E-state index in [2.05, 4.69) is 0 Å². The number of aromatic nitrogens is 2. The molecule has 1 aliphatic rings.